The number of nitrogens with two attached hydrogens (primary N) is 2. The first-order valence-corrected chi connectivity index (χ1v) is 5.93. The number of benzene rings is 1. The lowest BCUT2D eigenvalue weighted by molar-refractivity contribution is 0.100. The minimum absolute atomic E-state index is 0.0166. The number of amides is 1. The fraction of sp³-hybridized carbons (Fsp3) is 0.143. The minimum Gasteiger partial charge on any atom is -0.399 e. The molecule has 0 aliphatic rings. The monoisotopic (exact) mass is 256 g/mol. The number of aromatic nitrogens is 1. The quantitative estimate of drug-likeness (QED) is 0.728. The number of primary amides is 1. The van der Waals surface area contributed by atoms with Crippen molar-refractivity contribution in [2.75, 3.05) is 11.1 Å². The largest absolute Gasteiger partial charge is 0.399 e. The van der Waals surface area contributed by atoms with Crippen LogP contribution in [0.2, 0.25) is 0 Å². The molecule has 0 aliphatic heterocycles. The van der Waals surface area contributed by atoms with Crippen LogP contribution >= 0.6 is 0 Å². The number of anilines is 2. The number of carbonyl (C=O) groups is 1. The van der Waals surface area contributed by atoms with Crippen molar-refractivity contribution in [3.8, 4) is 0 Å². The molecule has 0 fully saturated rings. The van der Waals surface area contributed by atoms with E-state index in [9.17, 15) is 4.79 Å². The van der Waals surface area contributed by atoms with E-state index in [1.165, 1.54) is 0 Å². The van der Waals surface area contributed by atoms with Gasteiger partial charge in [0.25, 0.3) is 5.91 Å². The Bertz CT molecular complexity index is 583. The normalized spacial score (nSPS) is 11.8. The highest BCUT2D eigenvalue weighted by Gasteiger charge is 2.11. The van der Waals surface area contributed by atoms with Crippen LogP contribution < -0.4 is 16.8 Å². The van der Waals surface area contributed by atoms with Crippen LogP contribution in [0.1, 0.15) is 28.9 Å². The molecule has 5 heteroatoms. The number of carbonyl (C=O) groups excluding carboxylic acids is 1. The van der Waals surface area contributed by atoms with Gasteiger partial charge in [-0.3, -0.25) is 9.78 Å². The molecule has 0 radical (unpaired) electrons. The number of hydrogen-bond donors (Lipinski definition) is 3. The Balaban J connectivity index is 2.28. The van der Waals surface area contributed by atoms with Crippen molar-refractivity contribution >= 4 is 17.3 Å². The SMILES string of the molecule is CC(Nc1cc(N)ccc1C(N)=O)c1ccncc1. The summed E-state index contributed by atoms with van der Waals surface area (Å²) in [6.45, 7) is 1.99. The Hall–Kier alpha value is -2.56. The summed E-state index contributed by atoms with van der Waals surface area (Å²) in [4.78, 5) is 15.4. The molecule has 1 atom stereocenters. The van der Waals surface area contributed by atoms with Crippen LogP contribution in [0.3, 0.4) is 0 Å². The van der Waals surface area contributed by atoms with E-state index in [-0.39, 0.29) is 6.04 Å². The molecular weight excluding hydrogens is 240 g/mol. The molecule has 0 saturated carbocycles. The fourth-order valence-electron chi connectivity index (χ4n) is 1.86. The van der Waals surface area contributed by atoms with Gasteiger partial charge in [-0.25, -0.2) is 0 Å². The number of nitrogen functional groups attached to an aromatic ring is 1. The van der Waals surface area contributed by atoms with E-state index < -0.39 is 5.91 Å². The summed E-state index contributed by atoms with van der Waals surface area (Å²) in [5.41, 5.74) is 13.8. The number of nitrogens with zero attached hydrogens (tertiary/aromatic N) is 1. The second-order valence-corrected chi connectivity index (χ2v) is 4.32. The summed E-state index contributed by atoms with van der Waals surface area (Å²) < 4.78 is 0. The van der Waals surface area contributed by atoms with Gasteiger partial charge in [0.1, 0.15) is 0 Å². The lowest BCUT2D eigenvalue weighted by Gasteiger charge is -2.17. The second kappa shape index (κ2) is 5.39. The Morgan fingerprint density at radius 2 is 1.95 bits per heavy atom. The van der Waals surface area contributed by atoms with E-state index in [0.29, 0.717) is 16.9 Å². The van der Waals surface area contributed by atoms with E-state index in [1.807, 2.05) is 19.1 Å². The average Bonchev–Trinajstić information content (AvgIpc) is 2.39. The lowest BCUT2D eigenvalue weighted by Crippen LogP contribution is -2.16. The van der Waals surface area contributed by atoms with Gasteiger partial charge in [0.15, 0.2) is 0 Å². The Morgan fingerprint density at radius 1 is 1.26 bits per heavy atom. The van der Waals surface area contributed by atoms with Crippen LogP contribution in [0.15, 0.2) is 42.7 Å². The third-order valence-electron chi connectivity index (χ3n) is 2.89. The number of hydrogen-bond acceptors (Lipinski definition) is 4. The number of nitrogens with one attached hydrogen (secondary N) is 1. The van der Waals surface area contributed by atoms with Gasteiger partial charge >= 0.3 is 0 Å². The Morgan fingerprint density at radius 3 is 2.58 bits per heavy atom. The zero-order valence-corrected chi connectivity index (χ0v) is 10.6. The lowest BCUT2D eigenvalue weighted by atomic mass is 10.1. The zero-order chi connectivity index (χ0) is 13.8. The van der Waals surface area contributed by atoms with E-state index in [1.54, 1.807) is 30.6 Å². The molecule has 1 amide bonds. The van der Waals surface area contributed by atoms with Gasteiger partial charge in [0, 0.05) is 29.8 Å². The predicted molar refractivity (Wildman–Crippen MR) is 75.6 cm³/mol. The maximum atomic E-state index is 11.4. The highest BCUT2D eigenvalue weighted by Crippen LogP contribution is 2.24. The first-order valence-electron chi connectivity index (χ1n) is 5.93. The second-order valence-electron chi connectivity index (χ2n) is 4.32. The van der Waals surface area contributed by atoms with Crippen molar-refractivity contribution in [2.24, 2.45) is 5.73 Å². The molecule has 5 N–H and O–H groups in total. The maximum absolute atomic E-state index is 11.4. The van der Waals surface area contributed by atoms with Crippen molar-refractivity contribution in [1.82, 2.24) is 4.98 Å². The molecule has 0 bridgehead atoms. The molecular formula is C14H16N4O. The molecule has 0 aliphatic carbocycles. The van der Waals surface area contributed by atoms with E-state index in [2.05, 4.69) is 10.3 Å². The van der Waals surface area contributed by atoms with Crippen LogP contribution in [0.25, 0.3) is 0 Å². The van der Waals surface area contributed by atoms with Crippen LogP contribution in [-0.2, 0) is 0 Å². The van der Waals surface area contributed by atoms with Gasteiger partial charge in [-0.05, 0) is 42.8 Å². The van der Waals surface area contributed by atoms with Gasteiger partial charge in [0.05, 0.1) is 5.56 Å². The molecule has 2 rings (SSSR count). The number of rotatable bonds is 4. The summed E-state index contributed by atoms with van der Waals surface area (Å²) in [5.74, 6) is -0.482. The minimum atomic E-state index is -0.482. The van der Waals surface area contributed by atoms with Crippen molar-refractivity contribution < 1.29 is 4.79 Å². The zero-order valence-electron chi connectivity index (χ0n) is 10.6. The molecule has 1 heterocycles. The summed E-state index contributed by atoms with van der Waals surface area (Å²) in [6, 6.07) is 8.82. The molecule has 0 spiro atoms. The number of pyridine rings is 1. The molecule has 2 aromatic rings. The van der Waals surface area contributed by atoms with E-state index >= 15 is 0 Å². The Kier molecular flexibility index (Phi) is 3.66. The first kappa shape index (κ1) is 12.9. The first-order chi connectivity index (χ1) is 9.08. The highest BCUT2D eigenvalue weighted by atomic mass is 16.1. The van der Waals surface area contributed by atoms with Gasteiger partial charge < -0.3 is 16.8 Å². The van der Waals surface area contributed by atoms with Gasteiger partial charge in [-0.2, -0.15) is 0 Å². The Labute approximate surface area is 111 Å². The van der Waals surface area contributed by atoms with Crippen molar-refractivity contribution in [2.45, 2.75) is 13.0 Å². The van der Waals surface area contributed by atoms with Crippen LogP contribution in [-0.4, -0.2) is 10.9 Å². The molecule has 1 aromatic carbocycles. The summed E-state index contributed by atoms with van der Waals surface area (Å²) >= 11 is 0. The van der Waals surface area contributed by atoms with Crippen molar-refractivity contribution in [3.05, 3.63) is 53.9 Å². The summed E-state index contributed by atoms with van der Waals surface area (Å²) in [7, 11) is 0. The third-order valence-corrected chi connectivity index (χ3v) is 2.89. The molecule has 1 aromatic heterocycles. The summed E-state index contributed by atoms with van der Waals surface area (Å²) in [6.07, 6.45) is 3.45. The highest BCUT2D eigenvalue weighted by molar-refractivity contribution is 5.99. The summed E-state index contributed by atoms with van der Waals surface area (Å²) in [5, 5.41) is 3.24. The predicted octanol–water partition coefficient (Wildman–Crippen LogP) is 1.94. The van der Waals surface area contributed by atoms with Gasteiger partial charge in [0.2, 0.25) is 0 Å². The standard InChI is InChI=1S/C14H16N4O/c1-9(10-4-6-17-7-5-10)18-13-8-11(15)2-3-12(13)14(16)19/h2-9,18H,15H2,1H3,(H2,16,19). The van der Waals surface area contributed by atoms with Gasteiger partial charge in [-0.15, -0.1) is 0 Å². The van der Waals surface area contributed by atoms with Gasteiger partial charge in [-0.1, -0.05) is 0 Å². The third kappa shape index (κ3) is 3.01. The molecule has 98 valence electrons. The van der Waals surface area contributed by atoms with E-state index in [0.717, 1.165) is 5.56 Å². The average molecular weight is 256 g/mol. The van der Waals surface area contributed by atoms with Crippen LogP contribution in [0.5, 0.6) is 0 Å². The molecule has 19 heavy (non-hydrogen) atoms. The van der Waals surface area contributed by atoms with Crippen LogP contribution in [0, 0.1) is 0 Å². The molecule has 0 saturated heterocycles. The topological polar surface area (TPSA) is 94.0 Å². The van der Waals surface area contributed by atoms with Crippen molar-refractivity contribution in [3.63, 3.8) is 0 Å². The molecule has 5 nitrogen and oxygen atoms in total. The maximum Gasteiger partial charge on any atom is 0.250 e. The fourth-order valence-corrected chi connectivity index (χ4v) is 1.86. The van der Waals surface area contributed by atoms with E-state index in [4.69, 9.17) is 11.5 Å². The smallest absolute Gasteiger partial charge is 0.250 e. The molecule has 1 unspecified atom stereocenters. The van der Waals surface area contributed by atoms with Crippen LogP contribution in [0.4, 0.5) is 11.4 Å². The van der Waals surface area contributed by atoms with Crippen molar-refractivity contribution in [1.29, 1.82) is 0 Å².